The van der Waals surface area contributed by atoms with Crippen LogP contribution in [0.4, 0.5) is 0 Å². The van der Waals surface area contributed by atoms with Crippen LogP contribution in [-0.2, 0) is 19.6 Å². The molecule has 0 bridgehead atoms. The Morgan fingerprint density at radius 1 is 1.25 bits per heavy atom. The lowest BCUT2D eigenvalue weighted by atomic mass is 10.00. The number of carbonyl (C=O) groups excluding carboxylic acids is 1. The second kappa shape index (κ2) is 9.09. The van der Waals surface area contributed by atoms with Crippen LogP contribution >= 0.6 is 11.6 Å². The monoisotopic (exact) mass is 431 g/mol. The molecule has 158 valence electrons. The first kappa shape index (κ1) is 23.1. The highest BCUT2D eigenvalue weighted by molar-refractivity contribution is 7.89. The average molecular weight is 432 g/mol. The lowest BCUT2D eigenvalue weighted by molar-refractivity contribution is -0.123. The summed E-state index contributed by atoms with van der Waals surface area (Å²) in [6.07, 6.45) is 0.267. The molecule has 1 saturated heterocycles. The van der Waals surface area contributed by atoms with Crippen LogP contribution in [0.3, 0.4) is 0 Å². The van der Waals surface area contributed by atoms with Crippen LogP contribution < -0.4 is 5.32 Å². The summed E-state index contributed by atoms with van der Waals surface area (Å²) in [5, 5.41) is 3.32. The second-order valence-electron chi connectivity index (χ2n) is 7.97. The molecule has 2 rings (SSSR count). The van der Waals surface area contributed by atoms with E-state index in [0.29, 0.717) is 11.6 Å². The van der Waals surface area contributed by atoms with Crippen molar-refractivity contribution in [1.82, 2.24) is 14.5 Å². The molecule has 1 heterocycles. The Morgan fingerprint density at radius 3 is 2.32 bits per heavy atom. The molecule has 0 spiro atoms. The Balaban J connectivity index is 1.93. The third kappa shape index (κ3) is 5.90. The predicted octanol–water partition coefficient (Wildman–Crippen LogP) is 1.96. The lowest BCUT2D eigenvalue weighted by Gasteiger charge is -2.45. The molecule has 28 heavy (non-hydrogen) atoms. The number of benzene rings is 1. The van der Waals surface area contributed by atoms with Gasteiger partial charge < -0.3 is 10.1 Å². The van der Waals surface area contributed by atoms with Crippen molar-refractivity contribution in [1.29, 1.82) is 0 Å². The molecular formula is C19H30ClN3O4S. The van der Waals surface area contributed by atoms with Crippen LogP contribution in [0.25, 0.3) is 0 Å². The van der Waals surface area contributed by atoms with Gasteiger partial charge in [-0.15, -0.1) is 0 Å². The summed E-state index contributed by atoms with van der Waals surface area (Å²) < 4.78 is 32.0. The van der Waals surface area contributed by atoms with Crippen LogP contribution in [0, 0.1) is 0 Å². The van der Waals surface area contributed by atoms with Crippen LogP contribution in [0.1, 0.15) is 27.7 Å². The van der Waals surface area contributed by atoms with Gasteiger partial charge in [-0.3, -0.25) is 9.69 Å². The summed E-state index contributed by atoms with van der Waals surface area (Å²) in [6, 6.07) is 5.87. The van der Waals surface area contributed by atoms with Gasteiger partial charge in [-0.2, -0.15) is 4.31 Å². The van der Waals surface area contributed by atoms with Crippen molar-refractivity contribution < 1.29 is 17.9 Å². The molecule has 0 aromatic heterocycles. The number of carbonyl (C=O) groups is 1. The van der Waals surface area contributed by atoms with E-state index in [4.69, 9.17) is 16.3 Å². The number of likely N-dealkylation sites (N-methyl/N-ethyl adjacent to an activating group) is 1. The van der Waals surface area contributed by atoms with Gasteiger partial charge in [-0.05, 0) is 52.0 Å². The van der Waals surface area contributed by atoms with E-state index in [9.17, 15) is 13.2 Å². The summed E-state index contributed by atoms with van der Waals surface area (Å²) >= 11 is 5.81. The lowest BCUT2D eigenvalue weighted by Crippen LogP contribution is -2.59. The Bertz CT molecular complexity index is 773. The molecule has 0 unspecified atom stereocenters. The number of rotatable bonds is 7. The third-order valence-corrected chi connectivity index (χ3v) is 6.95. The average Bonchev–Trinajstić information content (AvgIpc) is 2.59. The van der Waals surface area contributed by atoms with E-state index in [1.54, 1.807) is 0 Å². The molecule has 0 aliphatic carbocycles. The predicted molar refractivity (Wildman–Crippen MR) is 110 cm³/mol. The van der Waals surface area contributed by atoms with E-state index in [1.165, 1.54) is 31.3 Å². The van der Waals surface area contributed by atoms with Crippen molar-refractivity contribution in [2.45, 2.75) is 50.3 Å². The van der Waals surface area contributed by atoms with Gasteiger partial charge in [0.1, 0.15) is 0 Å². The fourth-order valence-electron chi connectivity index (χ4n) is 3.23. The highest BCUT2D eigenvalue weighted by atomic mass is 35.5. The number of hydrogen-bond acceptors (Lipinski definition) is 5. The molecule has 0 radical (unpaired) electrons. The van der Waals surface area contributed by atoms with Crippen molar-refractivity contribution >= 4 is 27.5 Å². The molecule has 1 amide bonds. The standard InChI is InChI=1S/C19H30ClN3O4S/c1-14-10-23(11-15(2)27-14)19(3,4)13-21-18(24)12-22(5)28(25,26)17-8-6-16(20)7-9-17/h6-9,14-15H,10-13H2,1-5H3,(H,21,24)/t14-,15-/m0/s1. The molecule has 1 fully saturated rings. The van der Waals surface area contributed by atoms with Crippen molar-refractivity contribution in [2.24, 2.45) is 0 Å². The summed E-state index contributed by atoms with van der Waals surface area (Å²) in [7, 11) is -2.36. The number of morpholine rings is 1. The van der Waals surface area contributed by atoms with Gasteiger partial charge in [0.25, 0.3) is 0 Å². The normalized spacial score (nSPS) is 21.7. The molecule has 1 N–H and O–H groups in total. The largest absolute Gasteiger partial charge is 0.373 e. The van der Waals surface area contributed by atoms with E-state index >= 15 is 0 Å². The first-order valence-corrected chi connectivity index (χ1v) is 11.1. The van der Waals surface area contributed by atoms with E-state index in [2.05, 4.69) is 24.1 Å². The van der Waals surface area contributed by atoms with Crippen molar-refractivity contribution in [3.63, 3.8) is 0 Å². The molecule has 1 aromatic rings. The molecule has 1 aromatic carbocycles. The van der Waals surface area contributed by atoms with Gasteiger partial charge in [0.2, 0.25) is 15.9 Å². The molecule has 2 atom stereocenters. The van der Waals surface area contributed by atoms with Crippen molar-refractivity contribution in [3.8, 4) is 0 Å². The summed E-state index contributed by atoms with van der Waals surface area (Å²) in [4.78, 5) is 14.8. The Hall–Kier alpha value is -1.19. The van der Waals surface area contributed by atoms with Crippen LogP contribution in [0.15, 0.2) is 29.2 Å². The minimum absolute atomic E-state index is 0.101. The smallest absolute Gasteiger partial charge is 0.243 e. The molecule has 9 heteroatoms. The number of halogens is 1. The number of amides is 1. The van der Waals surface area contributed by atoms with Gasteiger partial charge in [0.15, 0.2) is 0 Å². The zero-order valence-electron chi connectivity index (χ0n) is 17.1. The number of ether oxygens (including phenoxy) is 1. The molecule has 7 nitrogen and oxygen atoms in total. The Labute approximate surface area is 173 Å². The highest BCUT2D eigenvalue weighted by Gasteiger charge is 2.33. The van der Waals surface area contributed by atoms with Crippen LogP contribution in [0.2, 0.25) is 5.02 Å². The van der Waals surface area contributed by atoms with E-state index < -0.39 is 10.0 Å². The first-order valence-electron chi connectivity index (χ1n) is 9.31. The van der Waals surface area contributed by atoms with Crippen LogP contribution in [-0.4, -0.2) is 74.5 Å². The summed E-state index contributed by atoms with van der Waals surface area (Å²) in [5.41, 5.74) is -0.268. The van der Waals surface area contributed by atoms with Crippen molar-refractivity contribution in [2.75, 3.05) is 33.2 Å². The zero-order chi connectivity index (χ0) is 21.1. The Kier molecular flexibility index (Phi) is 7.50. The van der Waals surface area contributed by atoms with Gasteiger partial charge in [-0.25, -0.2) is 8.42 Å². The minimum atomic E-state index is -3.75. The Morgan fingerprint density at radius 2 is 1.79 bits per heavy atom. The van der Waals surface area contributed by atoms with Gasteiger partial charge >= 0.3 is 0 Å². The number of sulfonamides is 1. The van der Waals surface area contributed by atoms with E-state index in [-0.39, 0.29) is 35.1 Å². The maximum Gasteiger partial charge on any atom is 0.243 e. The summed E-state index contributed by atoms with van der Waals surface area (Å²) in [6.45, 7) is 9.94. The fraction of sp³-hybridized carbons (Fsp3) is 0.632. The maximum absolute atomic E-state index is 12.6. The quantitative estimate of drug-likeness (QED) is 0.714. The van der Waals surface area contributed by atoms with Crippen LogP contribution in [0.5, 0.6) is 0 Å². The molecular weight excluding hydrogens is 402 g/mol. The second-order valence-corrected chi connectivity index (χ2v) is 10.4. The maximum atomic E-state index is 12.6. The molecule has 1 aliphatic heterocycles. The van der Waals surface area contributed by atoms with E-state index in [1.807, 2.05) is 13.8 Å². The van der Waals surface area contributed by atoms with E-state index in [0.717, 1.165) is 17.4 Å². The van der Waals surface area contributed by atoms with Crippen molar-refractivity contribution in [3.05, 3.63) is 29.3 Å². The number of nitrogens with zero attached hydrogens (tertiary/aromatic N) is 2. The highest BCUT2D eigenvalue weighted by Crippen LogP contribution is 2.21. The topological polar surface area (TPSA) is 79.0 Å². The first-order chi connectivity index (χ1) is 12.9. The number of hydrogen-bond donors (Lipinski definition) is 1. The molecule has 0 saturated carbocycles. The zero-order valence-corrected chi connectivity index (χ0v) is 18.7. The summed E-state index contributed by atoms with van der Waals surface area (Å²) in [5.74, 6) is -0.345. The fourth-order valence-corrected chi connectivity index (χ4v) is 4.48. The minimum Gasteiger partial charge on any atom is -0.373 e. The number of nitrogens with one attached hydrogen (secondary N) is 1. The third-order valence-electron chi connectivity index (χ3n) is 4.88. The molecule has 1 aliphatic rings. The van der Waals surface area contributed by atoms with Gasteiger partial charge in [-0.1, -0.05) is 11.6 Å². The van der Waals surface area contributed by atoms with Gasteiger partial charge in [0.05, 0.1) is 23.6 Å². The van der Waals surface area contributed by atoms with Gasteiger partial charge in [0, 0.05) is 37.2 Å². The SMILES string of the molecule is C[C@H]1CN(C(C)(C)CNC(=O)CN(C)S(=O)(=O)c2ccc(Cl)cc2)C[C@H](C)O1.